The van der Waals surface area contributed by atoms with Crippen molar-refractivity contribution in [3.8, 4) is 23.0 Å². The smallest absolute Gasteiger partial charge is 0.278 e. The third kappa shape index (κ3) is 4.35. The number of halogens is 1. The van der Waals surface area contributed by atoms with Gasteiger partial charge in [0.15, 0.2) is 0 Å². The van der Waals surface area contributed by atoms with Gasteiger partial charge in [-0.1, -0.05) is 28.9 Å². The Morgan fingerprint density at radius 2 is 1.68 bits per heavy atom. The number of imidazole rings is 1. The number of aryl methyl sites for hydroxylation is 1. The zero-order valence-electron chi connectivity index (χ0n) is 17.5. The van der Waals surface area contributed by atoms with E-state index < -0.39 is 0 Å². The van der Waals surface area contributed by atoms with Gasteiger partial charge in [0.25, 0.3) is 5.89 Å². The highest BCUT2D eigenvalue weighted by Crippen LogP contribution is 2.26. The van der Waals surface area contributed by atoms with Crippen LogP contribution in [0.2, 0.25) is 5.02 Å². The Bertz CT molecular complexity index is 1160. The molecule has 6 nitrogen and oxygen atoms in total. The number of nitrogens with zero attached hydrogens (tertiary/aromatic N) is 5. The molecule has 0 radical (unpaired) electrons. The Morgan fingerprint density at radius 1 is 0.935 bits per heavy atom. The number of anilines is 1. The third-order valence-corrected chi connectivity index (χ3v) is 5.99. The Morgan fingerprint density at radius 3 is 2.42 bits per heavy atom. The standard InChI is InChI=1S/C24H24ClN5O/c1-17-26-22(16-30(17)15-18-5-9-20(25)10-6-18)24-27-23(28-31-24)19-7-11-21(12-8-19)29-13-3-2-4-14-29/h5-12,16H,2-4,13-15H2,1H3. The molecule has 0 aliphatic carbocycles. The first-order valence-corrected chi connectivity index (χ1v) is 11.0. The summed E-state index contributed by atoms with van der Waals surface area (Å²) in [5.74, 6) is 1.88. The van der Waals surface area contributed by atoms with Gasteiger partial charge in [0, 0.05) is 42.1 Å². The van der Waals surface area contributed by atoms with Crippen molar-refractivity contribution in [2.24, 2.45) is 0 Å². The van der Waals surface area contributed by atoms with Crippen molar-refractivity contribution < 1.29 is 4.52 Å². The summed E-state index contributed by atoms with van der Waals surface area (Å²) in [5, 5.41) is 4.90. The first-order valence-electron chi connectivity index (χ1n) is 10.6. The van der Waals surface area contributed by atoms with Crippen LogP contribution in [0.1, 0.15) is 30.7 Å². The molecule has 5 rings (SSSR count). The largest absolute Gasteiger partial charge is 0.372 e. The molecule has 1 aliphatic heterocycles. The van der Waals surface area contributed by atoms with Crippen LogP contribution in [0.3, 0.4) is 0 Å². The minimum Gasteiger partial charge on any atom is -0.372 e. The van der Waals surface area contributed by atoms with Gasteiger partial charge in [0.05, 0.1) is 0 Å². The SMILES string of the molecule is Cc1nc(-c2nc(-c3ccc(N4CCCCC4)cc3)no2)cn1Cc1ccc(Cl)cc1. The van der Waals surface area contributed by atoms with Crippen molar-refractivity contribution in [2.75, 3.05) is 18.0 Å². The van der Waals surface area contributed by atoms with Crippen LogP contribution in [0.25, 0.3) is 23.0 Å². The minimum absolute atomic E-state index is 0.424. The number of aromatic nitrogens is 4. The lowest BCUT2D eigenvalue weighted by Crippen LogP contribution is -2.29. The van der Waals surface area contributed by atoms with Gasteiger partial charge in [0.2, 0.25) is 5.82 Å². The lowest BCUT2D eigenvalue weighted by atomic mass is 10.1. The molecule has 1 fully saturated rings. The van der Waals surface area contributed by atoms with E-state index >= 15 is 0 Å². The van der Waals surface area contributed by atoms with Crippen LogP contribution >= 0.6 is 11.6 Å². The fraction of sp³-hybridized carbons (Fsp3) is 0.292. The second-order valence-corrected chi connectivity index (χ2v) is 8.38. The fourth-order valence-corrected chi connectivity index (χ4v) is 4.10. The van der Waals surface area contributed by atoms with Crippen LogP contribution in [0.15, 0.2) is 59.3 Å². The van der Waals surface area contributed by atoms with E-state index in [0.29, 0.717) is 24.0 Å². The molecular formula is C24H24ClN5O. The van der Waals surface area contributed by atoms with E-state index in [2.05, 4.69) is 48.9 Å². The molecular weight excluding hydrogens is 410 g/mol. The van der Waals surface area contributed by atoms with E-state index in [9.17, 15) is 0 Å². The van der Waals surface area contributed by atoms with Crippen LogP contribution in [0.5, 0.6) is 0 Å². The Labute approximate surface area is 186 Å². The van der Waals surface area contributed by atoms with Crippen LogP contribution in [0, 0.1) is 6.92 Å². The van der Waals surface area contributed by atoms with Crippen LogP contribution in [-0.4, -0.2) is 32.8 Å². The van der Waals surface area contributed by atoms with Crippen LogP contribution < -0.4 is 4.90 Å². The van der Waals surface area contributed by atoms with Gasteiger partial charge < -0.3 is 14.0 Å². The quantitative estimate of drug-likeness (QED) is 0.410. The summed E-state index contributed by atoms with van der Waals surface area (Å²) in [4.78, 5) is 11.6. The summed E-state index contributed by atoms with van der Waals surface area (Å²) >= 11 is 5.98. The summed E-state index contributed by atoms with van der Waals surface area (Å²) in [6, 6.07) is 16.2. The summed E-state index contributed by atoms with van der Waals surface area (Å²) in [5.41, 5.74) is 4.02. The van der Waals surface area contributed by atoms with Crippen LogP contribution in [0.4, 0.5) is 5.69 Å². The average Bonchev–Trinajstić information content (AvgIpc) is 3.43. The van der Waals surface area contributed by atoms with Crippen LogP contribution in [-0.2, 0) is 6.54 Å². The number of hydrogen-bond donors (Lipinski definition) is 0. The number of benzene rings is 2. The van der Waals surface area contributed by atoms with E-state index in [0.717, 1.165) is 35.1 Å². The molecule has 0 saturated carbocycles. The van der Waals surface area contributed by atoms with Gasteiger partial charge in [0.1, 0.15) is 11.5 Å². The van der Waals surface area contributed by atoms with E-state index in [-0.39, 0.29) is 0 Å². The second-order valence-electron chi connectivity index (χ2n) is 7.95. The van der Waals surface area contributed by atoms with Gasteiger partial charge in [-0.05, 0) is 68.1 Å². The molecule has 0 amide bonds. The Kier molecular flexibility index (Phi) is 5.47. The predicted molar refractivity (Wildman–Crippen MR) is 122 cm³/mol. The van der Waals surface area contributed by atoms with Gasteiger partial charge in [-0.2, -0.15) is 4.98 Å². The summed E-state index contributed by atoms with van der Waals surface area (Å²) < 4.78 is 7.59. The molecule has 0 spiro atoms. The maximum atomic E-state index is 5.98. The highest BCUT2D eigenvalue weighted by atomic mass is 35.5. The summed E-state index contributed by atoms with van der Waals surface area (Å²) in [6.07, 6.45) is 5.80. The van der Waals surface area contributed by atoms with Crippen molar-refractivity contribution in [1.29, 1.82) is 0 Å². The normalized spacial score (nSPS) is 14.2. The topological polar surface area (TPSA) is 60.0 Å². The molecule has 7 heteroatoms. The van der Waals surface area contributed by atoms with Crippen molar-refractivity contribution in [3.05, 3.63) is 71.1 Å². The minimum atomic E-state index is 0.424. The maximum Gasteiger partial charge on any atom is 0.278 e. The molecule has 3 heterocycles. The molecule has 0 atom stereocenters. The number of hydrogen-bond acceptors (Lipinski definition) is 5. The molecule has 4 aromatic rings. The lowest BCUT2D eigenvalue weighted by Gasteiger charge is -2.28. The molecule has 158 valence electrons. The van der Waals surface area contributed by atoms with Crippen molar-refractivity contribution >= 4 is 17.3 Å². The van der Waals surface area contributed by atoms with Gasteiger partial charge in [-0.15, -0.1) is 0 Å². The highest BCUT2D eigenvalue weighted by molar-refractivity contribution is 6.30. The molecule has 0 bridgehead atoms. The first-order chi connectivity index (χ1) is 15.2. The summed E-state index contributed by atoms with van der Waals surface area (Å²) in [7, 11) is 0. The van der Waals surface area contributed by atoms with Gasteiger partial charge in [-0.3, -0.25) is 0 Å². The molecule has 0 N–H and O–H groups in total. The molecule has 1 saturated heterocycles. The first kappa shape index (κ1) is 19.8. The molecule has 2 aromatic heterocycles. The Balaban J connectivity index is 1.33. The van der Waals surface area contributed by atoms with Crippen molar-refractivity contribution in [3.63, 3.8) is 0 Å². The van der Waals surface area contributed by atoms with E-state index in [1.807, 2.05) is 37.4 Å². The predicted octanol–water partition coefficient (Wildman–Crippen LogP) is 5.60. The second kappa shape index (κ2) is 8.55. The maximum absolute atomic E-state index is 5.98. The molecule has 31 heavy (non-hydrogen) atoms. The Hall–Kier alpha value is -3.12. The van der Waals surface area contributed by atoms with Crippen molar-refractivity contribution in [1.82, 2.24) is 19.7 Å². The zero-order valence-corrected chi connectivity index (χ0v) is 18.2. The van der Waals surface area contributed by atoms with E-state index in [1.54, 1.807) is 0 Å². The van der Waals surface area contributed by atoms with Crippen molar-refractivity contribution in [2.45, 2.75) is 32.7 Å². The monoisotopic (exact) mass is 433 g/mol. The molecule has 0 unspecified atom stereocenters. The van der Waals surface area contributed by atoms with E-state index in [4.69, 9.17) is 16.1 Å². The average molecular weight is 434 g/mol. The van der Waals surface area contributed by atoms with Gasteiger partial charge in [-0.25, -0.2) is 4.98 Å². The third-order valence-electron chi connectivity index (χ3n) is 5.73. The number of piperidine rings is 1. The summed E-state index contributed by atoms with van der Waals surface area (Å²) in [6.45, 7) is 4.93. The highest BCUT2D eigenvalue weighted by Gasteiger charge is 2.16. The lowest BCUT2D eigenvalue weighted by molar-refractivity contribution is 0.431. The van der Waals surface area contributed by atoms with Gasteiger partial charge >= 0.3 is 0 Å². The number of rotatable bonds is 5. The molecule has 1 aliphatic rings. The zero-order chi connectivity index (χ0) is 21.2. The fourth-order valence-electron chi connectivity index (χ4n) is 3.98. The van der Waals surface area contributed by atoms with E-state index in [1.165, 1.54) is 24.9 Å². The molecule has 2 aromatic carbocycles.